The summed E-state index contributed by atoms with van der Waals surface area (Å²) in [6, 6.07) is 23.4. The molecule has 4 heteroatoms. The summed E-state index contributed by atoms with van der Waals surface area (Å²) < 4.78 is 0. The van der Waals surface area contributed by atoms with Gasteiger partial charge in [-0.25, -0.2) is 0 Å². The topological polar surface area (TPSA) is 58.9 Å². The molecule has 0 saturated carbocycles. The smallest absolute Gasteiger partial charge is 0.108 e. The second-order valence-electron chi connectivity index (χ2n) is 8.14. The van der Waals surface area contributed by atoms with Crippen LogP contribution in [0.5, 0.6) is 0 Å². The highest BCUT2D eigenvalue weighted by molar-refractivity contribution is 5.91. The average molecular weight is 421 g/mol. The predicted octanol–water partition coefficient (Wildman–Crippen LogP) is 8.72. The average Bonchev–Trinajstić information content (AvgIpc) is 2.81. The van der Waals surface area contributed by atoms with Gasteiger partial charge in [0.2, 0.25) is 0 Å². The van der Waals surface area contributed by atoms with Crippen molar-refractivity contribution < 1.29 is 0 Å². The predicted molar refractivity (Wildman–Crippen MR) is 133 cm³/mol. The molecule has 0 aliphatic carbocycles. The van der Waals surface area contributed by atoms with Crippen molar-refractivity contribution in [1.82, 2.24) is 0 Å². The number of hydrogen-bond donors (Lipinski definition) is 0. The Bertz CT molecular complexity index is 1230. The minimum Gasteiger partial charge on any atom is -0.145 e. The fourth-order valence-corrected chi connectivity index (χ4v) is 4.62. The van der Waals surface area contributed by atoms with E-state index < -0.39 is 0 Å². The highest BCUT2D eigenvalue weighted by atomic mass is 16.3. The Morgan fingerprint density at radius 2 is 0.719 bits per heavy atom. The van der Waals surface area contributed by atoms with Gasteiger partial charge in [0.05, 0.1) is 0 Å². The lowest BCUT2D eigenvalue weighted by Crippen LogP contribution is -2.00. The monoisotopic (exact) mass is 420 g/mol. The molecule has 0 bridgehead atoms. The van der Waals surface area contributed by atoms with Crippen molar-refractivity contribution in [2.75, 3.05) is 0 Å². The second kappa shape index (κ2) is 8.67. The lowest BCUT2D eigenvalue weighted by Gasteiger charge is -2.23. The molecule has 158 valence electrons. The molecule has 0 saturated heterocycles. The van der Waals surface area contributed by atoms with Crippen LogP contribution in [-0.4, -0.2) is 0 Å². The van der Waals surface area contributed by atoms with Gasteiger partial charge in [-0.2, -0.15) is 0 Å². The third kappa shape index (κ3) is 3.76. The van der Waals surface area contributed by atoms with E-state index in [1.807, 2.05) is 24.3 Å². The van der Waals surface area contributed by atoms with Crippen molar-refractivity contribution >= 4 is 11.4 Å². The number of nitrogens with zero attached hydrogens (tertiary/aromatic N) is 2. The summed E-state index contributed by atoms with van der Waals surface area (Å²) in [5.74, 6) is 0. The number of aryl methyl sites for hydroxylation is 1. The van der Waals surface area contributed by atoms with Crippen LogP contribution in [0.1, 0.15) is 22.3 Å². The maximum atomic E-state index is 10.9. The first kappa shape index (κ1) is 21.3. The maximum absolute atomic E-state index is 10.9. The zero-order chi connectivity index (χ0) is 22.8. The van der Waals surface area contributed by atoms with Crippen molar-refractivity contribution in [3.63, 3.8) is 0 Å². The van der Waals surface area contributed by atoms with Gasteiger partial charge in [-0.3, -0.25) is 0 Å². The van der Waals surface area contributed by atoms with Gasteiger partial charge in [-0.15, -0.1) is 9.81 Å². The second-order valence-corrected chi connectivity index (χ2v) is 8.14. The summed E-state index contributed by atoms with van der Waals surface area (Å²) in [5.41, 5.74) is 12.2. The molecule has 4 aromatic carbocycles. The zero-order valence-electron chi connectivity index (χ0n) is 18.6. The molecule has 4 aromatic rings. The molecule has 0 aromatic heterocycles. The van der Waals surface area contributed by atoms with E-state index in [9.17, 15) is 9.81 Å². The molecule has 0 radical (unpaired) electrons. The third-order valence-corrected chi connectivity index (χ3v) is 6.11. The molecule has 4 rings (SSSR count). The van der Waals surface area contributed by atoms with Crippen molar-refractivity contribution in [2.45, 2.75) is 27.7 Å². The van der Waals surface area contributed by atoms with E-state index in [-0.39, 0.29) is 0 Å². The number of rotatable bonds is 5. The third-order valence-electron chi connectivity index (χ3n) is 6.11. The van der Waals surface area contributed by atoms with E-state index in [2.05, 4.69) is 62.3 Å². The van der Waals surface area contributed by atoms with Crippen LogP contribution in [0.2, 0.25) is 0 Å². The normalized spacial score (nSPS) is 10.8. The van der Waals surface area contributed by atoms with Gasteiger partial charge >= 0.3 is 0 Å². The first-order valence-electron chi connectivity index (χ1n) is 10.5. The molecule has 0 N–H and O–H groups in total. The van der Waals surface area contributed by atoms with Gasteiger partial charge in [-0.1, -0.05) is 54.1 Å². The molecule has 0 heterocycles. The van der Waals surface area contributed by atoms with Crippen molar-refractivity contribution in [2.24, 2.45) is 10.4 Å². The van der Waals surface area contributed by atoms with Gasteiger partial charge in [-0.05, 0) is 112 Å². The van der Waals surface area contributed by atoms with Crippen molar-refractivity contribution in [3.05, 3.63) is 105 Å². The van der Waals surface area contributed by atoms with Crippen LogP contribution in [0.3, 0.4) is 0 Å². The van der Waals surface area contributed by atoms with Gasteiger partial charge in [0.15, 0.2) is 0 Å². The molecule has 32 heavy (non-hydrogen) atoms. The molecule has 0 atom stereocenters. The largest absolute Gasteiger partial charge is 0.145 e. The van der Waals surface area contributed by atoms with Gasteiger partial charge in [0.25, 0.3) is 0 Å². The Morgan fingerprint density at radius 3 is 1.00 bits per heavy atom. The summed E-state index contributed by atoms with van der Waals surface area (Å²) in [5, 5.41) is 6.07. The summed E-state index contributed by atoms with van der Waals surface area (Å²) in [7, 11) is 0. The standard InChI is InChI=1S/C28H24N2O2/c1-17-5-7-21(8-6-17)26-18(2)27(22-9-13-24(29-31)14-10-22)20(4)28(19(26)3)23-11-15-25(30-32)16-12-23/h5-16H,1-4H3. The van der Waals surface area contributed by atoms with Crippen LogP contribution in [0, 0.1) is 37.5 Å². The molecule has 0 spiro atoms. The molecule has 0 unspecified atom stereocenters. The van der Waals surface area contributed by atoms with E-state index in [0.29, 0.717) is 11.4 Å². The molecule has 0 aliphatic heterocycles. The summed E-state index contributed by atoms with van der Waals surface area (Å²) in [6.45, 7) is 8.52. The van der Waals surface area contributed by atoms with Crippen LogP contribution >= 0.6 is 0 Å². The minimum atomic E-state index is 0.409. The summed E-state index contributed by atoms with van der Waals surface area (Å²) in [4.78, 5) is 21.8. The molecule has 0 fully saturated rings. The van der Waals surface area contributed by atoms with Crippen LogP contribution in [0.25, 0.3) is 33.4 Å². The zero-order valence-corrected chi connectivity index (χ0v) is 18.6. The lowest BCUT2D eigenvalue weighted by molar-refractivity contribution is 1.31. The lowest BCUT2D eigenvalue weighted by atomic mass is 9.80. The van der Waals surface area contributed by atoms with Gasteiger partial charge < -0.3 is 0 Å². The minimum absolute atomic E-state index is 0.409. The molecule has 4 nitrogen and oxygen atoms in total. The van der Waals surface area contributed by atoms with Crippen LogP contribution in [-0.2, 0) is 0 Å². The van der Waals surface area contributed by atoms with Crippen molar-refractivity contribution in [1.29, 1.82) is 0 Å². The number of nitroso groups, excluding NO2 is 2. The van der Waals surface area contributed by atoms with E-state index in [4.69, 9.17) is 0 Å². The quantitative estimate of drug-likeness (QED) is 0.303. The van der Waals surface area contributed by atoms with Crippen molar-refractivity contribution in [3.8, 4) is 33.4 Å². The Kier molecular flexibility index (Phi) is 5.78. The highest BCUT2D eigenvalue weighted by Crippen LogP contribution is 2.44. The van der Waals surface area contributed by atoms with Gasteiger partial charge in [0, 0.05) is 0 Å². The van der Waals surface area contributed by atoms with E-state index in [1.54, 1.807) is 24.3 Å². The van der Waals surface area contributed by atoms with Gasteiger partial charge in [0.1, 0.15) is 11.4 Å². The van der Waals surface area contributed by atoms with Crippen LogP contribution in [0.4, 0.5) is 11.4 Å². The molecular formula is C28H24N2O2. The van der Waals surface area contributed by atoms with Crippen LogP contribution < -0.4 is 0 Å². The maximum Gasteiger partial charge on any atom is 0.108 e. The van der Waals surface area contributed by atoms with E-state index in [0.717, 1.165) is 33.4 Å². The fourth-order valence-electron chi connectivity index (χ4n) is 4.62. The number of hydrogen-bond acceptors (Lipinski definition) is 4. The molecular weight excluding hydrogens is 396 g/mol. The highest BCUT2D eigenvalue weighted by Gasteiger charge is 2.20. The summed E-state index contributed by atoms with van der Waals surface area (Å²) in [6.07, 6.45) is 0. The first-order chi connectivity index (χ1) is 15.4. The summed E-state index contributed by atoms with van der Waals surface area (Å²) >= 11 is 0. The van der Waals surface area contributed by atoms with Crippen LogP contribution in [0.15, 0.2) is 83.2 Å². The Labute approximate surface area is 187 Å². The SMILES string of the molecule is Cc1ccc(-c2c(C)c(-c3ccc(N=O)cc3)c(C)c(-c3ccc(N=O)cc3)c2C)cc1. The van der Waals surface area contributed by atoms with E-state index >= 15 is 0 Å². The molecule has 0 amide bonds. The number of benzene rings is 4. The fraction of sp³-hybridized carbons (Fsp3) is 0.143. The Hall–Kier alpha value is -3.92. The van der Waals surface area contributed by atoms with E-state index in [1.165, 1.54) is 22.3 Å². The Morgan fingerprint density at radius 1 is 0.438 bits per heavy atom. The Balaban J connectivity index is 2.06. The molecule has 0 aliphatic rings. The first-order valence-corrected chi connectivity index (χ1v) is 10.5.